The minimum atomic E-state index is -0.0899. The molecule has 8 heteroatoms. The Labute approximate surface area is 180 Å². The zero-order chi connectivity index (χ0) is 22.1. The van der Waals surface area contributed by atoms with Crippen molar-refractivity contribution in [3.63, 3.8) is 0 Å². The molecule has 1 unspecified atom stereocenters. The molecule has 0 bridgehead atoms. The molecule has 0 fully saturated rings. The minimum absolute atomic E-state index is 0.0240. The molecular weight excluding hydrogens is 396 g/mol. The van der Waals surface area contributed by atoms with Gasteiger partial charge in [-0.25, -0.2) is 0 Å². The summed E-state index contributed by atoms with van der Waals surface area (Å²) in [5.74, 6) is 0.436. The number of aromatic nitrogens is 1. The second-order valence-electron chi connectivity index (χ2n) is 6.89. The number of rotatable bonds is 10. The maximum absolute atomic E-state index is 12.7. The van der Waals surface area contributed by atoms with E-state index in [1.165, 1.54) is 0 Å². The van der Waals surface area contributed by atoms with Gasteiger partial charge in [0.1, 0.15) is 0 Å². The van der Waals surface area contributed by atoms with Gasteiger partial charge in [0.2, 0.25) is 5.88 Å². The molecule has 1 aromatic heterocycles. The molecule has 4 N–H and O–H groups in total. The van der Waals surface area contributed by atoms with Crippen molar-refractivity contribution in [3.8, 4) is 0 Å². The molecule has 0 spiro atoms. The van der Waals surface area contributed by atoms with Crippen molar-refractivity contribution in [1.82, 2.24) is 5.16 Å². The van der Waals surface area contributed by atoms with Gasteiger partial charge in [-0.1, -0.05) is 60.6 Å². The molecule has 31 heavy (non-hydrogen) atoms. The molecule has 1 atom stereocenters. The van der Waals surface area contributed by atoms with E-state index in [2.05, 4.69) is 15.5 Å². The first kappa shape index (κ1) is 22.2. The van der Waals surface area contributed by atoms with Gasteiger partial charge in [0.05, 0.1) is 32.1 Å². The fraction of sp³-hybridized carbons (Fsp3) is 0.261. The first-order valence-electron chi connectivity index (χ1n) is 10.0. The number of ketones is 1. The molecule has 162 valence electrons. The van der Waals surface area contributed by atoms with Gasteiger partial charge in [0.15, 0.2) is 11.7 Å². The predicted octanol–water partition coefficient (Wildman–Crippen LogP) is 2.79. The molecule has 3 rings (SSSR count). The highest BCUT2D eigenvalue weighted by Gasteiger charge is 2.17. The number of aliphatic imine (C=N–C) groups is 1. The van der Waals surface area contributed by atoms with Crippen LogP contribution in [0.25, 0.3) is 0 Å². The van der Waals surface area contributed by atoms with Crippen LogP contribution < -0.4 is 11.1 Å². The summed E-state index contributed by atoms with van der Waals surface area (Å²) in [6, 6.07) is 18.4. The molecular formula is C23H26N4O4. The number of aliphatic hydroxyl groups is 1. The van der Waals surface area contributed by atoms with E-state index in [0.717, 1.165) is 5.56 Å². The number of carbonyl (C=O) groups excluding carboxylic acids is 1. The van der Waals surface area contributed by atoms with Gasteiger partial charge in [-0.15, -0.1) is 0 Å². The number of nitrogens with one attached hydrogen (secondary N) is 1. The smallest absolute Gasteiger partial charge is 0.231 e. The molecule has 0 aliphatic heterocycles. The molecule has 0 radical (unpaired) electrons. The topological polar surface area (TPSA) is 123 Å². The minimum Gasteiger partial charge on any atom is -0.394 e. The fourth-order valence-corrected chi connectivity index (χ4v) is 2.99. The van der Waals surface area contributed by atoms with E-state index in [9.17, 15) is 4.79 Å². The van der Waals surface area contributed by atoms with Crippen LogP contribution in [0.2, 0.25) is 0 Å². The molecule has 0 aliphatic carbocycles. The standard InChI is InChI=1S/C23H26N4O4/c1-16(18-8-5-9-19(14-18)22(29)17-6-3-2-4-7-17)20-15-21(31-27-20)26-23(24)25-10-12-30-13-11-28/h2-9,14-16,28H,10-13H2,1H3,(H3,24,25,26). The van der Waals surface area contributed by atoms with Crippen molar-refractivity contribution in [1.29, 1.82) is 0 Å². The van der Waals surface area contributed by atoms with Crippen molar-refractivity contribution >= 4 is 17.6 Å². The fourth-order valence-electron chi connectivity index (χ4n) is 2.99. The first-order chi connectivity index (χ1) is 15.1. The van der Waals surface area contributed by atoms with Crippen LogP contribution in [0.15, 0.2) is 70.2 Å². The van der Waals surface area contributed by atoms with Crippen LogP contribution in [0.3, 0.4) is 0 Å². The molecule has 0 amide bonds. The van der Waals surface area contributed by atoms with Crippen LogP contribution in [0.5, 0.6) is 0 Å². The number of hydrogen-bond acceptors (Lipinski definition) is 6. The number of guanidine groups is 1. The first-order valence-corrected chi connectivity index (χ1v) is 10.0. The van der Waals surface area contributed by atoms with Gasteiger partial charge in [-0.3, -0.25) is 15.1 Å². The number of ether oxygens (including phenoxy) is 1. The van der Waals surface area contributed by atoms with Crippen molar-refractivity contribution in [3.05, 3.63) is 83.0 Å². The molecule has 0 saturated carbocycles. The number of carbonyl (C=O) groups is 1. The lowest BCUT2D eigenvalue weighted by atomic mass is 9.94. The lowest BCUT2D eigenvalue weighted by Gasteiger charge is -2.10. The summed E-state index contributed by atoms with van der Waals surface area (Å²) < 4.78 is 10.4. The lowest BCUT2D eigenvalue weighted by Crippen LogP contribution is -2.23. The van der Waals surface area contributed by atoms with Gasteiger partial charge in [0, 0.05) is 23.1 Å². The second kappa shape index (κ2) is 11.1. The molecule has 0 saturated heterocycles. The highest BCUT2D eigenvalue weighted by atomic mass is 16.5. The summed E-state index contributed by atoms with van der Waals surface area (Å²) in [6.45, 7) is 2.95. The van der Waals surface area contributed by atoms with E-state index >= 15 is 0 Å². The monoisotopic (exact) mass is 422 g/mol. The van der Waals surface area contributed by atoms with Crippen molar-refractivity contribution in [2.75, 3.05) is 31.7 Å². The zero-order valence-corrected chi connectivity index (χ0v) is 17.3. The summed E-state index contributed by atoms with van der Waals surface area (Å²) in [5, 5.41) is 15.6. The summed E-state index contributed by atoms with van der Waals surface area (Å²) >= 11 is 0. The highest BCUT2D eigenvalue weighted by Crippen LogP contribution is 2.26. The quantitative estimate of drug-likeness (QED) is 0.199. The van der Waals surface area contributed by atoms with Gasteiger partial charge in [-0.2, -0.15) is 0 Å². The Morgan fingerprint density at radius 1 is 1.16 bits per heavy atom. The van der Waals surface area contributed by atoms with Crippen molar-refractivity contribution < 1.29 is 19.2 Å². The Kier molecular flexibility index (Phi) is 7.91. The van der Waals surface area contributed by atoms with Crippen LogP contribution >= 0.6 is 0 Å². The molecule has 3 aromatic rings. The summed E-state index contributed by atoms with van der Waals surface area (Å²) in [7, 11) is 0. The van der Waals surface area contributed by atoms with E-state index in [0.29, 0.717) is 35.9 Å². The zero-order valence-electron chi connectivity index (χ0n) is 17.3. The predicted molar refractivity (Wildman–Crippen MR) is 118 cm³/mol. The molecule has 2 aromatic carbocycles. The number of anilines is 1. The Hall–Kier alpha value is -3.49. The third-order valence-electron chi connectivity index (χ3n) is 4.66. The van der Waals surface area contributed by atoms with Crippen LogP contribution in [0.4, 0.5) is 5.88 Å². The normalized spacial score (nSPS) is 12.5. The van der Waals surface area contributed by atoms with Crippen molar-refractivity contribution in [2.24, 2.45) is 10.7 Å². The Morgan fingerprint density at radius 2 is 1.94 bits per heavy atom. The maximum atomic E-state index is 12.7. The van der Waals surface area contributed by atoms with E-state index in [-0.39, 0.29) is 30.9 Å². The summed E-state index contributed by atoms with van der Waals surface area (Å²) in [6.07, 6.45) is 0. The largest absolute Gasteiger partial charge is 0.394 e. The van der Waals surface area contributed by atoms with E-state index in [1.54, 1.807) is 18.2 Å². The summed E-state index contributed by atoms with van der Waals surface area (Å²) in [4.78, 5) is 16.8. The van der Waals surface area contributed by atoms with Gasteiger partial charge >= 0.3 is 0 Å². The van der Waals surface area contributed by atoms with Crippen LogP contribution in [-0.2, 0) is 4.74 Å². The Morgan fingerprint density at radius 3 is 2.71 bits per heavy atom. The Bertz CT molecular complexity index is 1020. The third-order valence-corrected chi connectivity index (χ3v) is 4.66. The average Bonchev–Trinajstić information content (AvgIpc) is 3.27. The van der Waals surface area contributed by atoms with Gasteiger partial charge < -0.3 is 20.1 Å². The number of nitrogens with two attached hydrogens (primary N) is 1. The van der Waals surface area contributed by atoms with Crippen LogP contribution in [0, 0.1) is 0 Å². The maximum Gasteiger partial charge on any atom is 0.231 e. The van der Waals surface area contributed by atoms with Crippen LogP contribution in [-0.4, -0.2) is 48.4 Å². The number of benzene rings is 2. The third kappa shape index (κ3) is 6.24. The van der Waals surface area contributed by atoms with Gasteiger partial charge in [0.25, 0.3) is 0 Å². The van der Waals surface area contributed by atoms with E-state index in [1.807, 2.05) is 49.4 Å². The number of hydrogen-bond donors (Lipinski definition) is 3. The second-order valence-corrected chi connectivity index (χ2v) is 6.89. The number of aliphatic hydroxyl groups excluding tert-OH is 1. The highest BCUT2D eigenvalue weighted by molar-refractivity contribution is 6.09. The SMILES string of the molecule is CC(c1cccc(C(=O)c2ccccc2)c1)c1cc(NC(N)=NCCOCCO)on1. The summed E-state index contributed by atoms with van der Waals surface area (Å²) in [5.41, 5.74) is 8.75. The molecule has 1 heterocycles. The van der Waals surface area contributed by atoms with Gasteiger partial charge in [-0.05, 0) is 11.6 Å². The van der Waals surface area contributed by atoms with Crippen LogP contribution in [0.1, 0.15) is 40.0 Å². The molecule has 8 nitrogen and oxygen atoms in total. The Balaban J connectivity index is 1.65. The average molecular weight is 422 g/mol. The molecule has 0 aliphatic rings. The van der Waals surface area contributed by atoms with E-state index in [4.69, 9.17) is 20.1 Å². The number of nitrogens with zero attached hydrogens (tertiary/aromatic N) is 2. The van der Waals surface area contributed by atoms with E-state index < -0.39 is 0 Å². The lowest BCUT2D eigenvalue weighted by molar-refractivity contribution is 0.0978. The van der Waals surface area contributed by atoms with Crippen molar-refractivity contribution in [2.45, 2.75) is 12.8 Å².